The number of anilines is 1. The van der Waals surface area contributed by atoms with Crippen LogP contribution in [0, 0.1) is 0 Å². The van der Waals surface area contributed by atoms with E-state index in [-0.39, 0.29) is 11.7 Å². The molecule has 0 unspecified atom stereocenters. The molecule has 0 saturated heterocycles. The average molecular weight is 437 g/mol. The summed E-state index contributed by atoms with van der Waals surface area (Å²) < 4.78 is 7.13. The fraction of sp³-hybridized carbons (Fsp3) is 0.211. The third-order valence-corrected chi connectivity index (χ3v) is 5.23. The molecule has 146 valence electrons. The van der Waals surface area contributed by atoms with Crippen molar-refractivity contribution >= 4 is 46.6 Å². The number of methoxy groups -OCH3 is 1. The van der Waals surface area contributed by atoms with Crippen LogP contribution in [-0.2, 0) is 16.1 Å². The number of nitrogens with zero attached hydrogens (tertiary/aromatic N) is 3. The molecule has 28 heavy (non-hydrogen) atoms. The highest BCUT2D eigenvalue weighted by molar-refractivity contribution is 7.99. The topological polar surface area (TPSA) is 69.0 Å². The molecule has 0 bridgehead atoms. The summed E-state index contributed by atoms with van der Waals surface area (Å²) in [6.07, 6.45) is 0. The van der Waals surface area contributed by atoms with Crippen molar-refractivity contribution in [3.63, 3.8) is 0 Å². The fourth-order valence-electron chi connectivity index (χ4n) is 2.49. The van der Waals surface area contributed by atoms with Crippen molar-refractivity contribution in [3.8, 4) is 11.4 Å². The second-order valence-corrected chi connectivity index (χ2v) is 7.62. The summed E-state index contributed by atoms with van der Waals surface area (Å²) in [5, 5.41) is 13.2. The maximum Gasteiger partial charge on any atom is 0.234 e. The maximum absolute atomic E-state index is 12.3. The molecular weight excluding hydrogens is 419 g/mol. The molecule has 3 rings (SSSR count). The largest absolute Gasteiger partial charge is 0.383 e. The van der Waals surface area contributed by atoms with Gasteiger partial charge in [0, 0.05) is 28.4 Å². The number of carbonyl (C=O) groups is 1. The monoisotopic (exact) mass is 436 g/mol. The molecule has 6 nitrogen and oxygen atoms in total. The summed E-state index contributed by atoms with van der Waals surface area (Å²) in [5.74, 6) is 0.742. The molecule has 0 aliphatic carbocycles. The van der Waals surface area contributed by atoms with E-state index < -0.39 is 0 Å². The zero-order chi connectivity index (χ0) is 19.9. The predicted octanol–water partition coefficient (Wildman–Crippen LogP) is 4.63. The zero-order valence-electron chi connectivity index (χ0n) is 15.1. The van der Waals surface area contributed by atoms with Crippen molar-refractivity contribution in [2.45, 2.75) is 11.7 Å². The van der Waals surface area contributed by atoms with Gasteiger partial charge in [0.25, 0.3) is 0 Å². The number of aromatic nitrogens is 3. The normalized spacial score (nSPS) is 10.8. The lowest BCUT2D eigenvalue weighted by molar-refractivity contribution is -0.113. The third kappa shape index (κ3) is 5.48. The molecule has 0 aliphatic heterocycles. The Morgan fingerprint density at radius 2 is 1.93 bits per heavy atom. The molecule has 0 radical (unpaired) electrons. The Morgan fingerprint density at radius 3 is 2.64 bits per heavy atom. The Kier molecular flexibility index (Phi) is 7.33. The highest BCUT2D eigenvalue weighted by Crippen LogP contribution is 2.25. The van der Waals surface area contributed by atoms with Crippen LogP contribution in [0.15, 0.2) is 53.7 Å². The van der Waals surface area contributed by atoms with Crippen LogP contribution in [-0.4, -0.2) is 40.1 Å². The second kappa shape index (κ2) is 9.93. The van der Waals surface area contributed by atoms with Crippen molar-refractivity contribution in [1.82, 2.24) is 14.8 Å². The first-order valence-corrected chi connectivity index (χ1v) is 10.2. The molecule has 0 fully saturated rings. The quantitative estimate of drug-likeness (QED) is 0.521. The lowest BCUT2D eigenvalue weighted by atomic mass is 10.2. The molecule has 0 saturated carbocycles. The number of benzene rings is 2. The number of amides is 1. The third-order valence-electron chi connectivity index (χ3n) is 3.78. The molecule has 1 amide bonds. The van der Waals surface area contributed by atoms with Crippen molar-refractivity contribution in [2.24, 2.45) is 0 Å². The number of rotatable bonds is 8. The number of nitrogens with one attached hydrogen (secondary N) is 1. The number of hydrogen-bond donors (Lipinski definition) is 1. The molecular formula is C19H18Cl2N4O2S. The average Bonchev–Trinajstić information content (AvgIpc) is 3.08. The Bertz CT molecular complexity index is 947. The minimum atomic E-state index is -0.151. The van der Waals surface area contributed by atoms with E-state index in [1.54, 1.807) is 43.5 Å². The van der Waals surface area contributed by atoms with Crippen LogP contribution < -0.4 is 5.32 Å². The lowest BCUT2D eigenvalue weighted by Gasteiger charge is -2.10. The Morgan fingerprint density at radius 1 is 1.14 bits per heavy atom. The van der Waals surface area contributed by atoms with E-state index >= 15 is 0 Å². The van der Waals surface area contributed by atoms with Gasteiger partial charge in [-0.25, -0.2) is 0 Å². The van der Waals surface area contributed by atoms with Gasteiger partial charge < -0.3 is 10.1 Å². The summed E-state index contributed by atoms with van der Waals surface area (Å²) in [6.45, 7) is 1.07. The molecule has 2 aromatic carbocycles. The summed E-state index contributed by atoms with van der Waals surface area (Å²) in [5.41, 5.74) is 1.55. The summed E-state index contributed by atoms with van der Waals surface area (Å²) in [6, 6.07) is 14.4. The van der Waals surface area contributed by atoms with Gasteiger partial charge in [-0.15, -0.1) is 10.2 Å². The van der Waals surface area contributed by atoms with Crippen molar-refractivity contribution in [1.29, 1.82) is 0 Å². The lowest BCUT2D eigenvalue weighted by Crippen LogP contribution is -2.15. The molecule has 3 aromatic rings. The zero-order valence-corrected chi connectivity index (χ0v) is 17.4. The number of hydrogen-bond acceptors (Lipinski definition) is 5. The Hall–Kier alpha value is -2.06. The van der Waals surface area contributed by atoms with Crippen molar-refractivity contribution in [3.05, 3.63) is 58.6 Å². The Labute approximate surface area is 177 Å². The molecule has 1 aromatic heterocycles. The van der Waals surface area contributed by atoms with Gasteiger partial charge in [-0.05, 0) is 42.5 Å². The van der Waals surface area contributed by atoms with Crippen LogP contribution in [0.4, 0.5) is 5.69 Å². The van der Waals surface area contributed by atoms with E-state index in [1.807, 2.05) is 16.7 Å². The molecule has 0 atom stereocenters. The minimum absolute atomic E-state index is 0.151. The first kappa shape index (κ1) is 20.7. The van der Waals surface area contributed by atoms with Crippen LogP contribution in [0.1, 0.15) is 0 Å². The summed E-state index contributed by atoms with van der Waals surface area (Å²) in [7, 11) is 1.64. The van der Waals surface area contributed by atoms with Gasteiger partial charge in [-0.1, -0.05) is 41.0 Å². The van der Waals surface area contributed by atoms with Gasteiger partial charge in [0.15, 0.2) is 11.0 Å². The van der Waals surface area contributed by atoms with E-state index in [9.17, 15) is 4.79 Å². The van der Waals surface area contributed by atoms with Crippen LogP contribution in [0.3, 0.4) is 0 Å². The number of halogens is 2. The van der Waals surface area contributed by atoms with Gasteiger partial charge in [0.05, 0.1) is 18.9 Å². The van der Waals surface area contributed by atoms with Gasteiger partial charge >= 0.3 is 0 Å². The Balaban J connectivity index is 1.72. The minimum Gasteiger partial charge on any atom is -0.383 e. The molecule has 9 heteroatoms. The van der Waals surface area contributed by atoms with Crippen LogP contribution in [0.2, 0.25) is 10.0 Å². The standard InChI is InChI=1S/C19H18Cl2N4O2S/c1-27-10-9-25-18(13-5-7-14(20)8-6-13)23-24-19(25)28-12-17(26)22-16-4-2-3-15(21)11-16/h2-8,11H,9-10,12H2,1H3,(H,22,26). The van der Waals surface area contributed by atoms with Crippen LogP contribution in [0.25, 0.3) is 11.4 Å². The second-order valence-electron chi connectivity index (χ2n) is 5.80. The summed E-state index contributed by atoms with van der Waals surface area (Å²) in [4.78, 5) is 12.3. The van der Waals surface area contributed by atoms with E-state index in [2.05, 4.69) is 15.5 Å². The highest BCUT2D eigenvalue weighted by atomic mass is 35.5. The van der Waals surface area contributed by atoms with E-state index in [1.165, 1.54) is 11.8 Å². The predicted molar refractivity (Wildman–Crippen MR) is 113 cm³/mol. The first-order chi connectivity index (χ1) is 13.6. The van der Waals surface area contributed by atoms with E-state index in [0.717, 1.165) is 5.56 Å². The number of carbonyl (C=O) groups excluding carboxylic acids is 1. The van der Waals surface area contributed by atoms with Crippen molar-refractivity contribution < 1.29 is 9.53 Å². The smallest absolute Gasteiger partial charge is 0.234 e. The molecule has 1 N–H and O–H groups in total. The molecule has 0 spiro atoms. The SMILES string of the molecule is COCCn1c(SCC(=O)Nc2cccc(Cl)c2)nnc1-c1ccc(Cl)cc1. The first-order valence-electron chi connectivity index (χ1n) is 8.43. The number of thioether (sulfide) groups is 1. The molecule has 1 heterocycles. The van der Waals surface area contributed by atoms with E-state index in [0.29, 0.717) is 39.9 Å². The maximum atomic E-state index is 12.3. The highest BCUT2D eigenvalue weighted by Gasteiger charge is 2.16. The van der Waals surface area contributed by atoms with Gasteiger partial charge in [-0.3, -0.25) is 9.36 Å². The number of ether oxygens (including phenoxy) is 1. The van der Waals surface area contributed by atoms with Gasteiger partial charge in [0.1, 0.15) is 0 Å². The van der Waals surface area contributed by atoms with E-state index in [4.69, 9.17) is 27.9 Å². The molecule has 0 aliphatic rings. The van der Waals surface area contributed by atoms with Crippen molar-refractivity contribution in [2.75, 3.05) is 24.8 Å². The van der Waals surface area contributed by atoms with Crippen LogP contribution >= 0.6 is 35.0 Å². The van der Waals surface area contributed by atoms with Gasteiger partial charge in [0.2, 0.25) is 5.91 Å². The fourth-order valence-corrected chi connectivity index (χ4v) is 3.57. The van der Waals surface area contributed by atoms with Crippen LogP contribution in [0.5, 0.6) is 0 Å². The van der Waals surface area contributed by atoms with Gasteiger partial charge in [-0.2, -0.15) is 0 Å². The summed E-state index contributed by atoms with van der Waals surface area (Å²) >= 11 is 13.2.